The van der Waals surface area contributed by atoms with Crippen molar-refractivity contribution in [1.82, 2.24) is 14.5 Å². The van der Waals surface area contributed by atoms with Gasteiger partial charge in [0.2, 0.25) is 0 Å². The van der Waals surface area contributed by atoms with Gasteiger partial charge in [-0.05, 0) is 25.0 Å². The number of fused-ring (bicyclic) bond motifs is 1. The van der Waals surface area contributed by atoms with E-state index in [-0.39, 0.29) is 17.5 Å². The predicted molar refractivity (Wildman–Crippen MR) is 73.8 cm³/mol. The molecule has 2 aromatic rings. The van der Waals surface area contributed by atoms with Gasteiger partial charge in [-0.2, -0.15) is 0 Å². The van der Waals surface area contributed by atoms with Crippen molar-refractivity contribution < 1.29 is 8.42 Å². The fourth-order valence-corrected chi connectivity index (χ4v) is 4.21. The first-order chi connectivity index (χ1) is 9.11. The third kappa shape index (κ3) is 2.25. The van der Waals surface area contributed by atoms with Gasteiger partial charge in [-0.1, -0.05) is 6.92 Å². The number of nitrogens with zero attached hydrogens (tertiary/aromatic N) is 3. The van der Waals surface area contributed by atoms with Crippen LogP contribution in [0.15, 0.2) is 18.3 Å². The zero-order valence-corrected chi connectivity index (χ0v) is 11.7. The number of sulfone groups is 1. The zero-order chi connectivity index (χ0) is 13.5. The Bertz CT molecular complexity index is 692. The van der Waals surface area contributed by atoms with Gasteiger partial charge < -0.3 is 4.57 Å². The molecule has 0 N–H and O–H groups in total. The molecule has 3 heterocycles. The molecule has 5 nitrogen and oxygen atoms in total. The Morgan fingerprint density at radius 2 is 2.11 bits per heavy atom. The van der Waals surface area contributed by atoms with Crippen molar-refractivity contribution >= 4 is 21.0 Å². The standard InChI is InChI=1S/C13H17N3O2S/c1-2-12-15-11-4-3-7-14-13(11)16(12)10-5-8-19(17,18)9-6-10/h3-4,7,10H,2,5-6,8-9H2,1H3. The van der Waals surface area contributed by atoms with Gasteiger partial charge >= 0.3 is 0 Å². The number of aryl methyl sites for hydroxylation is 1. The number of hydrogen-bond donors (Lipinski definition) is 0. The Kier molecular flexibility index (Phi) is 3.05. The summed E-state index contributed by atoms with van der Waals surface area (Å²) in [6, 6.07) is 4.04. The lowest BCUT2D eigenvalue weighted by molar-refractivity contribution is 0.445. The number of imidazole rings is 1. The lowest BCUT2D eigenvalue weighted by Gasteiger charge is -2.25. The van der Waals surface area contributed by atoms with Crippen LogP contribution in [0.3, 0.4) is 0 Å². The second-order valence-electron chi connectivity index (χ2n) is 4.98. The van der Waals surface area contributed by atoms with Gasteiger partial charge in [0.05, 0.1) is 11.5 Å². The molecule has 0 spiro atoms. The molecule has 1 aliphatic heterocycles. The van der Waals surface area contributed by atoms with E-state index in [2.05, 4.69) is 21.5 Å². The van der Waals surface area contributed by atoms with Crippen LogP contribution in [0.2, 0.25) is 0 Å². The van der Waals surface area contributed by atoms with E-state index in [0.29, 0.717) is 12.8 Å². The van der Waals surface area contributed by atoms with Crippen LogP contribution in [0, 0.1) is 0 Å². The van der Waals surface area contributed by atoms with Gasteiger partial charge in [-0.25, -0.2) is 18.4 Å². The summed E-state index contributed by atoms with van der Waals surface area (Å²) in [6.07, 6.45) is 3.92. The molecule has 6 heteroatoms. The second kappa shape index (κ2) is 4.59. The molecule has 19 heavy (non-hydrogen) atoms. The quantitative estimate of drug-likeness (QED) is 0.840. The highest BCUT2D eigenvalue weighted by Gasteiger charge is 2.27. The topological polar surface area (TPSA) is 64.8 Å². The SMILES string of the molecule is CCc1nc2cccnc2n1C1CCS(=O)(=O)CC1. The highest BCUT2D eigenvalue weighted by atomic mass is 32.2. The first-order valence-corrected chi connectivity index (χ1v) is 8.45. The maximum Gasteiger partial charge on any atom is 0.160 e. The zero-order valence-electron chi connectivity index (χ0n) is 10.9. The molecule has 0 amide bonds. The smallest absolute Gasteiger partial charge is 0.160 e. The van der Waals surface area contributed by atoms with Crippen molar-refractivity contribution in [2.24, 2.45) is 0 Å². The number of pyridine rings is 1. The summed E-state index contributed by atoms with van der Waals surface area (Å²) in [5.41, 5.74) is 1.77. The fraction of sp³-hybridized carbons (Fsp3) is 0.538. The molecule has 0 radical (unpaired) electrons. The van der Waals surface area contributed by atoms with Gasteiger partial charge in [0.25, 0.3) is 0 Å². The van der Waals surface area contributed by atoms with E-state index in [1.165, 1.54) is 0 Å². The van der Waals surface area contributed by atoms with Gasteiger partial charge in [-0.3, -0.25) is 0 Å². The predicted octanol–water partition coefficient (Wildman–Crippen LogP) is 1.74. The second-order valence-corrected chi connectivity index (χ2v) is 7.28. The highest BCUT2D eigenvalue weighted by molar-refractivity contribution is 7.91. The Hall–Kier alpha value is -1.43. The third-order valence-corrected chi connectivity index (χ3v) is 5.44. The van der Waals surface area contributed by atoms with E-state index in [1.54, 1.807) is 6.20 Å². The normalized spacial score (nSPS) is 19.8. The summed E-state index contributed by atoms with van der Waals surface area (Å²) in [5.74, 6) is 1.54. The van der Waals surface area contributed by atoms with E-state index in [0.717, 1.165) is 23.4 Å². The summed E-state index contributed by atoms with van der Waals surface area (Å²) in [5, 5.41) is 0. The van der Waals surface area contributed by atoms with Crippen molar-refractivity contribution in [3.8, 4) is 0 Å². The van der Waals surface area contributed by atoms with E-state index >= 15 is 0 Å². The van der Waals surface area contributed by atoms with E-state index in [1.807, 2.05) is 12.1 Å². The van der Waals surface area contributed by atoms with Crippen LogP contribution in [-0.2, 0) is 16.3 Å². The number of hydrogen-bond acceptors (Lipinski definition) is 4. The summed E-state index contributed by atoms with van der Waals surface area (Å²) >= 11 is 0. The number of rotatable bonds is 2. The van der Waals surface area contributed by atoms with E-state index in [4.69, 9.17) is 0 Å². The molecule has 2 aromatic heterocycles. The molecule has 0 atom stereocenters. The molecule has 0 aromatic carbocycles. The lowest BCUT2D eigenvalue weighted by atomic mass is 10.1. The fourth-order valence-electron chi connectivity index (χ4n) is 2.75. The van der Waals surface area contributed by atoms with Gasteiger partial charge in [0, 0.05) is 18.7 Å². The van der Waals surface area contributed by atoms with Gasteiger partial charge in [-0.15, -0.1) is 0 Å². The van der Waals surface area contributed by atoms with Crippen LogP contribution in [0.5, 0.6) is 0 Å². The molecule has 3 rings (SSSR count). The first kappa shape index (κ1) is 12.6. The van der Waals surface area contributed by atoms with Crippen LogP contribution in [-0.4, -0.2) is 34.5 Å². The van der Waals surface area contributed by atoms with Crippen LogP contribution in [0.1, 0.15) is 31.6 Å². The molecule has 1 fully saturated rings. The largest absolute Gasteiger partial charge is 0.310 e. The van der Waals surface area contributed by atoms with Crippen LogP contribution >= 0.6 is 0 Å². The summed E-state index contributed by atoms with van der Waals surface area (Å²) in [7, 11) is -2.83. The average molecular weight is 279 g/mol. The van der Waals surface area contributed by atoms with Crippen LogP contribution in [0.4, 0.5) is 0 Å². The Labute approximate surface area is 112 Å². The van der Waals surface area contributed by atoms with E-state index < -0.39 is 9.84 Å². The van der Waals surface area contributed by atoms with Crippen molar-refractivity contribution in [3.63, 3.8) is 0 Å². The maximum atomic E-state index is 11.5. The molecular formula is C13H17N3O2S. The average Bonchev–Trinajstić information content (AvgIpc) is 2.77. The summed E-state index contributed by atoms with van der Waals surface area (Å²) < 4.78 is 25.2. The molecular weight excluding hydrogens is 262 g/mol. The van der Waals surface area contributed by atoms with Crippen molar-refractivity contribution in [1.29, 1.82) is 0 Å². The van der Waals surface area contributed by atoms with Gasteiger partial charge in [0.1, 0.15) is 21.2 Å². The molecule has 0 saturated carbocycles. The van der Waals surface area contributed by atoms with Gasteiger partial charge in [0.15, 0.2) is 5.65 Å². The van der Waals surface area contributed by atoms with Crippen LogP contribution < -0.4 is 0 Å². The maximum absolute atomic E-state index is 11.5. The molecule has 1 saturated heterocycles. The van der Waals surface area contributed by atoms with Crippen LogP contribution in [0.25, 0.3) is 11.2 Å². The first-order valence-electron chi connectivity index (χ1n) is 6.63. The minimum Gasteiger partial charge on any atom is -0.310 e. The Morgan fingerprint density at radius 1 is 1.37 bits per heavy atom. The molecule has 1 aliphatic rings. The highest BCUT2D eigenvalue weighted by Crippen LogP contribution is 2.28. The molecule has 0 bridgehead atoms. The van der Waals surface area contributed by atoms with Crippen molar-refractivity contribution in [3.05, 3.63) is 24.2 Å². The van der Waals surface area contributed by atoms with E-state index in [9.17, 15) is 8.42 Å². The third-order valence-electron chi connectivity index (χ3n) is 3.73. The van der Waals surface area contributed by atoms with Crippen molar-refractivity contribution in [2.45, 2.75) is 32.2 Å². The lowest BCUT2D eigenvalue weighted by Crippen LogP contribution is -2.26. The number of aromatic nitrogens is 3. The Balaban J connectivity index is 2.04. The molecule has 0 unspecified atom stereocenters. The minimum atomic E-state index is -2.83. The summed E-state index contributed by atoms with van der Waals surface area (Å²) in [4.78, 5) is 9.01. The monoisotopic (exact) mass is 279 g/mol. The van der Waals surface area contributed by atoms with Crippen molar-refractivity contribution in [2.75, 3.05) is 11.5 Å². The minimum absolute atomic E-state index is 0.207. The molecule has 102 valence electrons. The molecule has 0 aliphatic carbocycles. The Morgan fingerprint density at radius 3 is 2.79 bits per heavy atom. The summed E-state index contributed by atoms with van der Waals surface area (Å²) in [6.45, 7) is 2.07.